The lowest BCUT2D eigenvalue weighted by molar-refractivity contribution is -0.127. The number of piperazine rings is 1. The first-order valence-electron chi connectivity index (χ1n) is 9.62. The molecule has 1 heterocycles. The van der Waals surface area contributed by atoms with Crippen LogP contribution in [0.1, 0.15) is 28.4 Å². The number of ether oxygens (including phenoxy) is 1. The molecule has 5 heteroatoms. The molecule has 2 aromatic rings. The van der Waals surface area contributed by atoms with Gasteiger partial charge in [-0.25, -0.2) is 0 Å². The van der Waals surface area contributed by atoms with Gasteiger partial charge in [0.05, 0.1) is 6.61 Å². The Morgan fingerprint density at radius 3 is 2.14 bits per heavy atom. The number of hydrogen-bond acceptors (Lipinski definition) is 3. The average molecular weight is 378 g/mol. The Morgan fingerprint density at radius 2 is 1.54 bits per heavy atom. The van der Waals surface area contributed by atoms with Crippen LogP contribution in [-0.2, 0) is 4.79 Å². The van der Waals surface area contributed by atoms with Crippen molar-refractivity contribution in [2.75, 3.05) is 32.8 Å². The smallest absolute Gasteiger partial charge is 0.253 e. The molecule has 1 saturated heterocycles. The predicted octanol–water partition coefficient (Wildman–Crippen LogP) is 3.39. The molecule has 5 nitrogen and oxygen atoms in total. The molecule has 0 bridgehead atoms. The minimum absolute atomic E-state index is 0.0250. The number of amides is 2. The van der Waals surface area contributed by atoms with E-state index in [0.717, 1.165) is 16.9 Å². The van der Waals surface area contributed by atoms with Gasteiger partial charge in [-0.3, -0.25) is 9.59 Å². The Morgan fingerprint density at radius 1 is 0.929 bits per heavy atom. The molecule has 146 valence electrons. The van der Waals surface area contributed by atoms with E-state index >= 15 is 0 Å². The van der Waals surface area contributed by atoms with Gasteiger partial charge in [0.25, 0.3) is 5.91 Å². The fourth-order valence-corrected chi connectivity index (χ4v) is 3.12. The van der Waals surface area contributed by atoms with E-state index in [1.165, 1.54) is 0 Å². The van der Waals surface area contributed by atoms with Crippen LogP contribution in [0.25, 0.3) is 6.08 Å². The van der Waals surface area contributed by atoms with Crippen LogP contribution in [-0.4, -0.2) is 54.4 Å². The van der Waals surface area contributed by atoms with Gasteiger partial charge in [0.2, 0.25) is 5.91 Å². The molecule has 0 unspecified atom stereocenters. The van der Waals surface area contributed by atoms with Crippen LogP contribution in [0.3, 0.4) is 0 Å². The van der Waals surface area contributed by atoms with Gasteiger partial charge in [-0.2, -0.15) is 0 Å². The molecular formula is C23H26N2O3. The highest BCUT2D eigenvalue weighted by atomic mass is 16.5. The van der Waals surface area contributed by atoms with Gasteiger partial charge < -0.3 is 14.5 Å². The summed E-state index contributed by atoms with van der Waals surface area (Å²) in [5, 5.41) is 0. The molecule has 0 atom stereocenters. The Labute approximate surface area is 166 Å². The second kappa shape index (κ2) is 9.22. The third kappa shape index (κ3) is 5.00. The zero-order valence-electron chi connectivity index (χ0n) is 16.4. The summed E-state index contributed by atoms with van der Waals surface area (Å²) in [6.45, 7) is 6.77. The van der Waals surface area contributed by atoms with E-state index in [2.05, 4.69) is 0 Å². The predicted molar refractivity (Wildman–Crippen MR) is 110 cm³/mol. The highest BCUT2D eigenvalue weighted by molar-refractivity contribution is 5.95. The quantitative estimate of drug-likeness (QED) is 0.750. The SMILES string of the molecule is CCOc1ccc(/C=C/C(=O)N2CCN(C(=O)c3ccc(C)cc3)CC2)cc1. The van der Waals surface area contributed by atoms with Crippen molar-refractivity contribution in [1.82, 2.24) is 9.80 Å². The minimum atomic E-state index is -0.0312. The van der Waals surface area contributed by atoms with Crippen molar-refractivity contribution in [3.05, 3.63) is 71.3 Å². The van der Waals surface area contributed by atoms with Crippen molar-refractivity contribution < 1.29 is 14.3 Å². The van der Waals surface area contributed by atoms with Crippen molar-refractivity contribution in [3.63, 3.8) is 0 Å². The lowest BCUT2D eigenvalue weighted by Gasteiger charge is -2.34. The highest BCUT2D eigenvalue weighted by Crippen LogP contribution is 2.14. The van der Waals surface area contributed by atoms with Gasteiger partial charge in [0, 0.05) is 37.8 Å². The zero-order chi connectivity index (χ0) is 19.9. The van der Waals surface area contributed by atoms with Crippen molar-refractivity contribution >= 4 is 17.9 Å². The maximum atomic E-state index is 12.6. The molecule has 0 aliphatic carbocycles. The topological polar surface area (TPSA) is 49.9 Å². The molecule has 28 heavy (non-hydrogen) atoms. The molecule has 0 aromatic heterocycles. The summed E-state index contributed by atoms with van der Waals surface area (Å²) >= 11 is 0. The summed E-state index contributed by atoms with van der Waals surface area (Å²) in [5.41, 5.74) is 2.78. The first-order chi connectivity index (χ1) is 13.6. The summed E-state index contributed by atoms with van der Waals surface area (Å²) in [7, 11) is 0. The molecule has 1 aliphatic heterocycles. The first-order valence-corrected chi connectivity index (χ1v) is 9.62. The number of carbonyl (C=O) groups is 2. The fourth-order valence-electron chi connectivity index (χ4n) is 3.12. The molecular weight excluding hydrogens is 352 g/mol. The summed E-state index contributed by atoms with van der Waals surface area (Å²) in [6.07, 6.45) is 3.40. The van der Waals surface area contributed by atoms with E-state index in [-0.39, 0.29) is 11.8 Å². The van der Waals surface area contributed by atoms with Crippen molar-refractivity contribution in [1.29, 1.82) is 0 Å². The molecule has 0 N–H and O–H groups in total. The number of rotatable bonds is 5. The Bertz CT molecular complexity index is 833. The van der Waals surface area contributed by atoms with Gasteiger partial charge in [-0.05, 0) is 49.8 Å². The summed E-state index contributed by atoms with van der Waals surface area (Å²) in [4.78, 5) is 28.6. The van der Waals surface area contributed by atoms with Crippen LogP contribution in [0.5, 0.6) is 5.75 Å². The van der Waals surface area contributed by atoms with Gasteiger partial charge in [0.1, 0.15) is 5.75 Å². The maximum Gasteiger partial charge on any atom is 0.253 e. The van der Waals surface area contributed by atoms with Crippen LogP contribution in [0.2, 0.25) is 0 Å². The van der Waals surface area contributed by atoms with E-state index in [9.17, 15) is 9.59 Å². The third-order valence-electron chi connectivity index (χ3n) is 4.79. The van der Waals surface area contributed by atoms with E-state index < -0.39 is 0 Å². The summed E-state index contributed by atoms with van der Waals surface area (Å²) in [6, 6.07) is 15.2. The first kappa shape index (κ1) is 19.7. The molecule has 0 saturated carbocycles. The second-order valence-electron chi connectivity index (χ2n) is 6.82. The van der Waals surface area contributed by atoms with Crippen molar-refractivity contribution in [2.24, 2.45) is 0 Å². The Balaban J connectivity index is 1.51. The molecule has 1 aliphatic rings. The van der Waals surface area contributed by atoms with Gasteiger partial charge in [-0.15, -0.1) is 0 Å². The lowest BCUT2D eigenvalue weighted by atomic mass is 10.1. The number of hydrogen-bond donors (Lipinski definition) is 0. The second-order valence-corrected chi connectivity index (χ2v) is 6.82. The number of aryl methyl sites for hydroxylation is 1. The van der Waals surface area contributed by atoms with Crippen LogP contribution in [0, 0.1) is 6.92 Å². The zero-order valence-corrected chi connectivity index (χ0v) is 16.4. The summed E-state index contributed by atoms with van der Waals surface area (Å²) in [5.74, 6) is 0.814. The highest BCUT2D eigenvalue weighted by Gasteiger charge is 2.23. The molecule has 0 radical (unpaired) electrons. The third-order valence-corrected chi connectivity index (χ3v) is 4.79. The van der Waals surface area contributed by atoms with E-state index in [1.54, 1.807) is 11.0 Å². The van der Waals surface area contributed by atoms with Crippen LogP contribution in [0.4, 0.5) is 0 Å². The van der Waals surface area contributed by atoms with Crippen molar-refractivity contribution in [2.45, 2.75) is 13.8 Å². The average Bonchev–Trinajstić information content (AvgIpc) is 2.73. The van der Waals surface area contributed by atoms with Gasteiger partial charge in [0.15, 0.2) is 0 Å². The van der Waals surface area contributed by atoms with Crippen LogP contribution < -0.4 is 4.74 Å². The van der Waals surface area contributed by atoms with Gasteiger partial charge in [-0.1, -0.05) is 29.8 Å². The molecule has 2 aromatic carbocycles. The maximum absolute atomic E-state index is 12.6. The molecule has 2 amide bonds. The van der Waals surface area contributed by atoms with Crippen LogP contribution >= 0.6 is 0 Å². The summed E-state index contributed by atoms with van der Waals surface area (Å²) < 4.78 is 5.42. The number of nitrogens with zero attached hydrogens (tertiary/aromatic N) is 2. The fraction of sp³-hybridized carbons (Fsp3) is 0.304. The Kier molecular flexibility index (Phi) is 6.48. The normalized spacial score (nSPS) is 14.4. The van der Waals surface area contributed by atoms with Crippen molar-refractivity contribution in [3.8, 4) is 5.75 Å². The lowest BCUT2D eigenvalue weighted by Crippen LogP contribution is -2.50. The van der Waals surface area contributed by atoms with Crippen LogP contribution in [0.15, 0.2) is 54.6 Å². The minimum Gasteiger partial charge on any atom is -0.494 e. The molecule has 1 fully saturated rings. The molecule has 0 spiro atoms. The van der Waals surface area contributed by atoms with E-state index in [1.807, 2.05) is 73.4 Å². The number of carbonyl (C=O) groups excluding carboxylic acids is 2. The van der Waals surface area contributed by atoms with E-state index in [4.69, 9.17) is 4.74 Å². The number of benzene rings is 2. The molecule has 3 rings (SSSR count). The standard InChI is InChI=1S/C23H26N2O3/c1-3-28-21-11-6-19(7-12-21)8-13-22(26)24-14-16-25(17-15-24)23(27)20-9-4-18(2)5-10-20/h4-13H,3,14-17H2,1-2H3/b13-8+. The monoisotopic (exact) mass is 378 g/mol. The van der Waals surface area contributed by atoms with E-state index in [0.29, 0.717) is 38.3 Å². The Hall–Kier alpha value is -3.08. The van der Waals surface area contributed by atoms with Gasteiger partial charge >= 0.3 is 0 Å². The largest absolute Gasteiger partial charge is 0.494 e.